The van der Waals surface area contributed by atoms with Gasteiger partial charge in [-0.05, 0) is 30.9 Å². The summed E-state index contributed by atoms with van der Waals surface area (Å²) in [6, 6.07) is 14.1. The number of carbonyl (C=O) groups is 1. The van der Waals surface area contributed by atoms with Gasteiger partial charge in [-0.2, -0.15) is 0 Å². The molecule has 0 bridgehead atoms. The fourth-order valence-electron chi connectivity index (χ4n) is 2.70. The third-order valence-corrected chi connectivity index (χ3v) is 3.69. The van der Waals surface area contributed by atoms with Crippen molar-refractivity contribution in [3.8, 4) is 11.3 Å². The van der Waals surface area contributed by atoms with Crippen LogP contribution in [-0.2, 0) is 11.2 Å². The van der Waals surface area contributed by atoms with Gasteiger partial charge in [-0.1, -0.05) is 36.4 Å². The van der Waals surface area contributed by atoms with E-state index in [0.717, 1.165) is 41.8 Å². The van der Waals surface area contributed by atoms with Crippen molar-refractivity contribution in [1.82, 2.24) is 4.98 Å². The summed E-state index contributed by atoms with van der Waals surface area (Å²) in [6.45, 7) is 0. The summed E-state index contributed by atoms with van der Waals surface area (Å²) in [5.41, 5.74) is 9.51. The normalized spacial score (nSPS) is 17.8. The van der Waals surface area contributed by atoms with E-state index in [1.807, 2.05) is 36.4 Å². The van der Waals surface area contributed by atoms with Gasteiger partial charge in [0.2, 0.25) is 5.91 Å². The number of pyridine rings is 1. The number of rotatable bonds is 2. The molecule has 0 spiro atoms. The maximum Gasteiger partial charge on any atom is 0.226 e. The molecule has 1 amide bonds. The van der Waals surface area contributed by atoms with Crippen molar-refractivity contribution in [2.75, 3.05) is 0 Å². The lowest BCUT2D eigenvalue weighted by molar-refractivity contribution is -0.119. The van der Waals surface area contributed by atoms with E-state index in [0.29, 0.717) is 0 Å². The van der Waals surface area contributed by atoms with Gasteiger partial charge >= 0.3 is 0 Å². The zero-order valence-corrected chi connectivity index (χ0v) is 10.7. The average molecular weight is 252 g/mol. The first-order valence-corrected chi connectivity index (χ1v) is 6.60. The fraction of sp³-hybridized carbons (Fsp3) is 0.250. The van der Waals surface area contributed by atoms with Crippen molar-refractivity contribution in [3.05, 3.63) is 53.7 Å². The highest BCUT2D eigenvalue weighted by atomic mass is 16.1. The Balaban J connectivity index is 2.07. The van der Waals surface area contributed by atoms with Crippen LogP contribution in [0.5, 0.6) is 0 Å². The molecule has 96 valence electrons. The lowest BCUT2D eigenvalue weighted by Crippen LogP contribution is -2.26. The fourth-order valence-corrected chi connectivity index (χ4v) is 2.70. The quantitative estimate of drug-likeness (QED) is 0.893. The zero-order chi connectivity index (χ0) is 13.2. The van der Waals surface area contributed by atoms with Crippen molar-refractivity contribution < 1.29 is 4.79 Å². The second-order valence-corrected chi connectivity index (χ2v) is 4.95. The maximum absolute atomic E-state index is 11.5. The summed E-state index contributed by atoms with van der Waals surface area (Å²) >= 11 is 0. The molecule has 2 N–H and O–H groups in total. The van der Waals surface area contributed by atoms with E-state index in [1.165, 1.54) is 0 Å². The van der Waals surface area contributed by atoms with Crippen molar-refractivity contribution in [3.63, 3.8) is 0 Å². The SMILES string of the molecule is NC(=O)C1CCCc2ccc(-c3ccccc3)nc21. The molecule has 0 saturated carbocycles. The molecular weight excluding hydrogens is 236 g/mol. The largest absolute Gasteiger partial charge is 0.369 e. The molecule has 2 aromatic rings. The number of carbonyl (C=O) groups excluding carboxylic acids is 1. The summed E-state index contributed by atoms with van der Waals surface area (Å²) in [6.07, 6.45) is 2.81. The number of fused-ring (bicyclic) bond motifs is 1. The number of nitrogens with two attached hydrogens (primary N) is 1. The van der Waals surface area contributed by atoms with Crippen LogP contribution in [-0.4, -0.2) is 10.9 Å². The Kier molecular flexibility index (Phi) is 3.03. The van der Waals surface area contributed by atoms with E-state index < -0.39 is 0 Å². The minimum Gasteiger partial charge on any atom is -0.369 e. The van der Waals surface area contributed by atoms with Gasteiger partial charge in [0, 0.05) is 5.56 Å². The molecule has 1 aliphatic rings. The Hall–Kier alpha value is -2.16. The summed E-state index contributed by atoms with van der Waals surface area (Å²) in [5, 5.41) is 0. The number of benzene rings is 1. The Bertz CT molecular complexity index is 607. The molecule has 0 radical (unpaired) electrons. The molecule has 0 fully saturated rings. The molecule has 19 heavy (non-hydrogen) atoms. The molecule has 1 atom stereocenters. The molecule has 1 aromatic heterocycles. The number of nitrogens with zero attached hydrogens (tertiary/aromatic N) is 1. The standard InChI is InChI=1S/C16H16N2O/c17-16(19)13-8-4-7-12-9-10-14(18-15(12)13)11-5-2-1-3-6-11/h1-3,5-6,9-10,13H,4,7-8H2,(H2,17,19). The van der Waals surface area contributed by atoms with Gasteiger partial charge in [0.15, 0.2) is 0 Å². The molecule has 1 aliphatic carbocycles. The van der Waals surface area contributed by atoms with Gasteiger partial charge < -0.3 is 5.73 Å². The Morgan fingerprint density at radius 3 is 2.68 bits per heavy atom. The average Bonchev–Trinajstić information content (AvgIpc) is 2.47. The first kappa shape index (κ1) is 11.9. The van der Waals surface area contributed by atoms with Crippen LogP contribution in [0.2, 0.25) is 0 Å². The number of hydrogen-bond acceptors (Lipinski definition) is 2. The van der Waals surface area contributed by atoms with Crippen LogP contribution < -0.4 is 5.73 Å². The summed E-state index contributed by atoms with van der Waals surface area (Å²) in [7, 11) is 0. The van der Waals surface area contributed by atoms with Gasteiger partial charge in [0.1, 0.15) is 0 Å². The van der Waals surface area contributed by atoms with E-state index in [9.17, 15) is 4.79 Å². The minimum absolute atomic E-state index is 0.229. The van der Waals surface area contributed by atoms with Crippen LogP contribution >= 0.6 is 0 Å². The molecule has 1 unspecified atom stereocenters. The Labute approximate surface area is 112 Å². The monoisotopic (exact) mass is 252 g/mol. The molecule has 3 rings (SSSR count). The van der Waals surface area contributed by atoms with Gasteiger partial charge in [-0.15, -0.1) is 0 Å². The molecule has 1 heterocycles. The Morgan fingerprint density at radius 1 is 1.16 bits per heavy atom. The van der Waals surface area contributed by atoms with Crippen molar-refractivity contribution in [1.29, 1.82) is 0 Å². The lowest BCUT2D eigenvalue weighted by atomic mass is 9.86. The van der Waals surface area contributed by atoms with E-state index in [1.54, 1.807) is 0 Å². The topological polar surface area (TPSA) is 56.0 Å². The third-order valence-electron chi connectivity index (χ3n) is 3.69. The van der Waals surface area contributed by atoms with E-state index in [-0.39, 0.29) is 11.8 Å². The van der Waals surface area contributed by atoms with E-state index in [2.05, 4.69) is 11.1 Å². The van der Waals surface area contributed by atoms with Crippen molar-refractivity contribution in [2.45, 2.75) is 25.2 Å². The Morgan fingerprint density at radius 2 is 1.95 bits per heavy atom. The molecule has 0 aliphatic heterocycles. The maximum atomic E-state index is 11.5. The van der Waals surface area contributed by atoms with Crippen LogP contribution in [0.1, 0.15) is 30.0 Å². The molecular formula is C16H16N2O. The zero-order valence-electron chi connectivity index (χ0n) is 10.7. The second kappa shape index (κ2) is 4.84. The first-order chi connectivity index (χ1) is 9.25. The lowest BCUT2D eigenvalue weighted by Gasteiger charge is -2.22. The smallest absolute Gasteiger partial charge is 0.226 e. The molecule has 3 heteroatoms. The van der Waals surface area contributed by atoms with E-state index >= 15 is 0 Å². The summed E-state index contributed by atoms with van der Waals surface area (Å²) < 4.78 is 0. The summed E-state index contributed by atoms with van der Waals surface area (Å²) in [5.74, 6) is -0.494. The van der Waals surface area contributed by atoms with Crippen molar-refractivity contribution in [2.24, 2.45) is 5.73 Å². The number of primary amides is 1. The summed E-state index contributed by atoms with van der Waals surface area (Å²) in [4.78, 5) is 16.2. The van der Waals surface area contributed by atoms with Crippen molar-refractivity contribution >= 4 is 5.91 Å². The molecule has 0 saturated heterocycles. The van der Waals surface area contributed by atoms with Crippen LogP contribution in [0.3, 0.4) is 0 Å². The van der Waals surface area contributed by atoms with Gasteiger partial charge in [-0.3, -0.25) is 9.78 Å². The number of aryl methyl sites for hydroxylation is 1. The predicted molar refractivity (Wildman–Crippen MR) is 74.5 cm³/mol. The number of aromatic nitrogens is 1. The van der Waals surface area contributed by atoms with Gasteiger partial charge in [-0.25, -0.2) is 0 Å². The highest BCUT2D eigenvalue weighted by Crippen LogP contribution is 2.31. The molecule has 1 aromatic carbocycles. The van der Waals surface area contributed by atoms with E-state index in [4.69, 9.17) is 5.73 Å². The van der Waals surface area contributed by atoms with Gasteiger partial charge in [0.05, 0.1) is 17.3 Å². The third kappa shape index (κ3) is 2.24. The van der Waals surface area contributed by atoms with Gasteiger partial charge in [0.25, 0.3) is 0 Å². The second-order valence-electron chi connectivity index (χ2n) is 4.95. The van der Waals surface area contributed by atoms with Crippen LogP contribution in [0.25, 0.3) is 11.3 Å². The highest BCUT2D eigenvalue weighted by molar-refractivity contribution is 5.82. The predicted octanol–water partition coefficient (Wildman–Crippen LogP) is 2.65. The molecule has 3 nitrogen and oxygen atoms in total. The van der Waals surface area contributed by atoms with Crippen LogP contribution in [0, 0.1) is 0 Å². The first-order valence-electron chi connectivity index (χ1n) is 6.60. The van der Waals surface area contributed by atoms with Crippen LogP contribution in [0.15, 0.2) is 42.5 Å². The van der Waals surface area contributed by atoms with Crippen LogP contribution in [0.4, 0.5) is 0 Å². The number of amides is 1. The highest BCUT2D eigenvalue weighted by Gasteiger charge is 2.26. The number of hydrogen-bond donors (Lipinski definition) is 1. The minimum atomic E-state index is -0.265.